The lowest BCUT2D eigenvalue weighted by Crippen LogP contribution is -2.17. The Hall–Kier alpha value is -1.06. The van der Waals surface area contributed by atoms with Gasteiger partial charge in [-0.3, -0.25) is 4.79 Å². The molecule has 0 heterocycles. The van der Waals surface area contributed by atoms with Crippen LogP contribution in [0.4, 0.5) is 0 Å². The maximum Gasteiger partial charge on any atom is 0.306 e. The Morgan fingerprint density at radius 2 is 2.07 bits per heavy atom. The smallest absolute Gasteiger partial charge is 0.306 e. The molecule has 0 spiro atoms. The fourth-order valence-electron chi connectivity index (χ4n) is 1.36. The quantitative estimate of drug-likeness (QED) is 0.800. The minimum Gasteiger partial charge on any atom is -0.469 e. The predicted octanol–water partition coefficient (Wildman–Crippen LogP) is 1.95. The van der Waals surface area contributed by atoms with Crippen LogP contribution in [0.3, 0.4) is 0 Å². The van der Waals surface area contributed by atoms with Gasteiger partial charge in [-0.2, -0.15) is 0 Å². The monoisotopic (exact) mass is 227 g/mol. The van der Waals surface area contributed by atoms with Gasteiger partial charge in [-0.1, -0.05) is 23.7 Å². The van der Waals surface area contributed by atoms with Crippen molar-refractivity contribution in [3.05, 3.63) is 34.9 Å². The molecule has 0 bridgehead atoms. The van der Waals surface area contributed by atoms with Crippen molar-refractivity contribution in [3.8, 4) is 0 Å². The van der Waals surface area contributed by atoms with E-state index in [1.807, 2.05) is 12.1 Å². The number of carbonyl (C=O) groups excluding carboxylic acids is 1. The number of esters is 1. The van der Waals surface area contributed by atoms with Gasteiger partial charge in [0.25, 0.3) is 0 Å². The summed E-state index contributed by atoms with van der Waals surface area (Å²) in [5.41, 5.74) is 6.61. The van der Waals surface area contributed by atoms with Crippen LogP contribution in [0.25, 0.3) is 0 Å². The van der Waals surface area contributed by atoms with Crippen LogP contribution < -0.4 is 5.73 Å². The van der Waals surface area contributed by atoms with Gasteiger partial charge in [-0.05, 0) is 24.2 Å². The SMILES string of the molecule is COC(=O)CC(CN)c1ccc(Cl)cc1. The lowest BCUT2D eigenvalue weighted by molar-refractivity contribution is -0.141. The Bertz CT molecular complexity index is 324. The lowest BCUT2D eigenvalue weighted by Gasteiger charge is -2.13. The Morgan fingerprint density at radius 3 is 2.53 bits per heavy atom. The van der Waals surface area contributed by atoms with Crippen LogP contribution in [-0.4, -0.2) is 19.6 Å². The number of halogens is 1. The first-order valence-electron chi connectivity index (χ1n) is 4.69. The molecule has 3 nitrogen and oxygen atoms in total. The summed E-state index contributed by atoms with van der Waals surface area (Å²) >= 11 is 5.77. The van der Waals surface area contributed by atoms with Crippen LogP contribution in [-0.2, 0) is 9.53 Å². The molecule has 0 aromatic heterocycles. The van der Waals surface area contributed by atoms with Crippen molar-refractivity contribution in [1.82, 2.24) is 0 Å². The van der Waals surface area contributed by atoms with Gasteiger partial charge in [0.05, 0.1) is 13.5 Å². The van der Waals surface area contributed by atoms with Gasteiger partial charge < -0.3 is 10.5 Å². The van der Waals surface area contributed by atoms with E-state index in [1.165, 1.54) is 7.11 Å². The van der Waals surface area contributed by atoms with Gasteiger partial charge in [0, 0.05) is 10.9 Å². The lowest BCUT2D eigenvalue weighted by atomic mass is 9.96. The van der Waals surface area contributed by atoms with Gasteiger partial charge in [0.15, 0.2) is 0 Å². The third-order valence-electron chi connectivity index (χ3n) is 2.27. The van der Waals surface area contributed by atoms with E-state index in [-0.39, 0.29) is 11.9 Å². The standard InChI is InChI=1S/C11H14ClNO2/c1-15-11(14)6-9(7-13)8-2-4-10(12)5-3-8/h2-5,9H,6-7,13H2,1H3. The van der Waals surface area contributed by atoms with E-state index in [2.05, 4.69) is 4.74 Å². The zero-order valence-corrected chi connectivity index (χ0v) is 9.33. The maximum absolute atomic E-state index is 11.1. The summed E-state index contributed by atoms with van der Waals surface area (Å²) in [6.45, 7) is 0.413. The zero-order chi connectivity index (χ0) is 11.3. The summed E-state index contributed by atoms with van der Waals surface area (Å²) in [5.74, 6) is -0.255. The normalized spacial score (nSPS) is 12.2. The highest BCUT2D eigenvalue weighted by molar-refractivity contribution is 6.30. The molecule has 2 N–H and O–H groups in total. The van der Waals surface area contributed by atoms with Crippen molar-refractivity contribution in [2.45, 2.75) is 12.3 Å². The van der Waals surface area contributed by atoms with Crippen LogP contribution in [0, 0.1) is 0 Å². The van der Waals surface area contributed by atoms with Crippen molar-refractivity contribution in [2.75, 3.05) is 13.7 Å². The molecule has 82 valence electrons. The summed E-state index contributed by atoms with van der Waals surface area (Å²) < 4.78 is 4.61. The maximum atomic E-state index is 11.1. The van der Waals surface area contributed by atoms with Crippen LogP contribution >= 0.6 is 11.6 Å². The van der Waals surface area contributed by atoms with Gasteiger partial charge in [0.2, 0.25) is 0 Å². The van der Waals surface area contributed by atoms with Crippen molar-refractivity contribution in [2.24, 2.45) is 5.73 Å². The van der Waals surface area contributed by atoms with Gasteiger partial charge in [0.1, 0.15) is 0 Å². The summed E-state index contributed by atoms with van der Waals surface area (Å²) in [7, 11) is 1.37. The fraction of sp³-hybridized carbons (Fsp3) is 0.364. The molecule has 0 saturated heterocycles. The molecular formula is C11H14ClNO2. The van der Waals surface area contributed by atoms with Gasteiger partial charge >= 0.3 is 5.97 Å². The molecular weight excluding hydrogens is 214 g/mol. The molecule has 0 aliphatic rings. The van der Waals surface area contributed by atoms with Crippen LogP contribution in [0.2, 0.25) is 5.02 Å². The molecule has 0 aliphatic carbocycles. The van der Waals surface area contributed by atoms with E-state index >= 15 is 0 Å². The van der Waals surface area contributed by atoms with Gasteiger partial charge in [-0.25, -0.2) is 0 Å². The molecule has 1 aromatic carbocycles. The Labute approximate surface area is 94.2 Å². The molecule has 4 heteroatoms. The molecule has 1 rings (SSSR count). The molecule has 1 unspecified atom stereocenters. The van der Waals surface area contributed by atoms with E-state index in [0.717, 1.165) is 5.56 Å². The highest BCUT2D eigenvalue weighted by atomic mass is 35.5. The largest absolute Gasteiger partial charge is 0.469 e. The number of benzene rings is 1. The van der Waals surface area contributed by atoms with Crippen molar-refractivity contribution < 1.29 is 9.53 Å². The summed E-state index contributed by atoms with van der Waals surface area (Å²) in [4.78, 5) is 11.1. The molecule has 0 amide bonds. The van der Waals surface area contributed by atoms with E-state index in [1.54, 1.807) is 12.1 Å². The second-order valence-corrected chi connectivity index (χ2v) is 3.70. The van der Waals surface area contributed by atoms with Crippen LogP contribution in [0.15, 0.2) is 24.3 Å². The second-order valence-electron chi connectivity index (χ2n) is 3.26. The van der Waals surface area contributed by atoms with E-state index in [9.17, 15) is 4.79 Å². The first-order chi connectivity index (χ1) is 7.17. The number of rotatable bonds is 4. The fourth-order valence-corrected chi connectivity index (χ4v) is 1.48. The first-order valence-corrected chi connectivity index (χ1v) is 5.07. The van der Waals surface area contributed by atoms with E-state index in [4.69, 9.17) is 17.3 Å². The summed E-state index contributed by atoms with van der Waals surface area (Å²) in [6.07, 6.45) is 0.300. The molecule has 0 saturated carbocycles. The topological polar surface area (TPSA) is 52.3 Å². The molecule has 0 radical (unpaired) electrons. The Morgan fingerprint density at radius 1 is 1.47 bits per heavy atom. The average Bonchev–Trinajstić information content (AvgIpc) is 2.27. The van der Waals surface area contributed by atoms with Gasteiger partial charge in [-0.15, -0.1) is 0 Å². The second kappa shape index (κ2) is 5.73. The van der Waals surface area contributed by atoms with Crippen LogP contribution in [0.5, 0.6) is 0 Å². The Kier molecular flexibility index (Phi) is 4.59. The summed E-state index contributed by atoms with van der Waals surface area (Å²) in [5, 5.41) is 0.674. The predicted molar refractivity (Wildman–Crippen MR) is 59.9 cm³/mol. The van der Waals surface area contributed by atoms with Crippen molar-refractivity contribution in [1.29, 1.82) is 0 Å². The molecule has 15 heavy (non-hydrogen) atoms. The van der Waals surface area contributed by atoms with Crippen molar-refractivity contribution >= 4 is 17.6 Å². The number of hydrogen-bond acceptors (Lipinski definition) is 3. The van der Waals surface area contributed by atoms with Crippen LogP contribution in [0.1, 0.15) is 17.9 Å². The van der Waals surface area contributed by atoms with Crippen molar-refractivity contribution in [3.63, 3.8) is 0 Å². The number of ether oxygens (including phenoxy) is 1. The molecule has 0 aliphatic heterocycles. The minimum absolute atomic E-state index is 0.00489. The highest BCUT2D eigenvalue weighted by Gasteiger charge is 2.14. The third-order valence-corrected chi connectivity index (χ3v) is 2.52. The minimum atomic E-state index is -0.250. The summed E-state index contributed by atoms with van der Waals surface area (Å²) in [6, 6.07) is 7.33. The molecule has 0 fully saturated rings. The molecule has 1 atom stereocenters. The average molecular weight is 228 g/mol. The Balaban J connectivity index is 2.74. The number of methoxy groups -OCH3 is 1. The third kappa shape index (κ3) is 3.53. The highest BCUT2D eigenvalue weighted by Crippen LogP contribution is 2.20. The zero-order valence-electron chi connectivity index (χ0n) is 8.57. The number of nitrogens with two attached hydrogens (primary N) is 1. The molecule has 1 aromatic rings. The first kappa shape index (κ1) is 12.0. The van der Waals surface area contributed by atoms with E-state index < -0.39 is 0 Å². The number of hydrogen-bond donors (Lipinski definition) is 1. The van der Waals surface area contributed by atoms with E-state index in [0.29, 0.717) is 18.0 Å². The number of carbonyl (C=O) groups is 1.